The van der Waals surface area contributed by atoms with Crippen LogP contribution in [-0.2, 0) is 49.5 Å². The van der Waals surface area contributed by atoms with Gasteiger partial charge >= 0.3 is 24.1 Å². The Morgan fingerprint density at radius 3 is 1.45 bits per heavy atom. The molecule has 0 aliphatic heterocycles. The number of fused-ring (bicyclic) bond motifs is 3. The van der Waals surface area contributed by atoms with Crippen LogP contribution in [-0.4, -0.2) is 74.9 Å². The molecule has 0 fully saturated rings. The molecule has 12 heteroatoms. The van der Waals surface area contributed by atoms with Crippen LogP contribution in [0, 0.1) is 0 Å². The van der Waals surface area contributed by atoms with E-state index in [-0.39, 0.29) is 18.9 Å². The summed E-state index contributed by atoms with van der Waals surface area (Å²) in [5.74, 6) is -0.0773. The first kappa shape index (κ1) is 50.8. The fourth-order valence-electron chi connectivity index (χ4n) is 8.42. The molecular weight excluding hydrogens is 873 g/mol. The van der Waals surface area contributed by atoms with Gasteiger partial charge in [-0.15, -0.1) is 0 Å². The Balaban J connectivity index is 0.000000236. The number of aliphatic carboxylic acids is 1. The third-order valence-electron chi connectivity index (χ3n) is 11.9. The van der Waals surface area contributed by atoms with Crippen molar-refractivity contribution in [3.63, 3.8) is 0 Å². The van der Waals surface area contributed by atoms with Crippen molar-refractivity contribution >= 4 is 24.1 Å². The molecule has 1 aliphatic rings. The first-order valence-corrected chi connectivity index (χ1v) is 23.1. The van der Waals surface area contributed by atoms with Crippen molar-refractivity contribution in [3.8, 4) is 44.9 Å². The molecule has 12 nitrogen and oxygen atoms in total. The van der Waals surface area contributed by atoms with Gasteiger partial charge in [-0.1, -0.05) is 123 Å². The second kappa shape index (κ2) is 23.4. The number of benzene rings is 6. The molecule has 3 N–H and O–H groups in total. The van der Waals surface area contributed by atoms with Crippen LogP contribution in [0.3, 0.4) is 0 Å². The Morgan fingerprint density at radius 2 is 1.03 bits per heavy atom. The van der Waals surface area contributed by atoms with E-state index in [1.165, 1.54) is 18.2 Å². The highest BCUT2D eigenvalue weighted by atomic mass is 16.6. The Morgan fingerprint density at radius 1 is 0.580 bits per heavy atom. The number of amides is 2. The number of ether oxygens (including phenoxy) is 5. The van der Waals surface area contributed by atoms with Crippen LogP contribution in [0.4, 0.5) is 9.59 Å². The summed E-state index contributed by atoms with van der Waals surface area (Å²) in [7, 11) is 4.61. The van der Waals surface area contributed by atoms with Crippen molar-refractivity contribution in [1.29, 1.82) is 0 Å². The van der Waals surface area contributed by atoms with Gasteiger partial charge < -0.3 is 39.4 Å². The zero-order chi connectivity index (χ0) is 49.7. The van der Waals surface area contributed by atoms with Crippen molar-refractivity contribution < 1.29 is 48.0 Å². The van der Waals surface area contributed by atoms with E-state index in [4.69, 9.17) is 23.7 Å². The molecule has 69 heavy (non-hydrogen) atoms. The maximum absolute atomic E-state index is 12.7. The van der Waals surface area contributed by atoms with Gasteiger partial charge in [0.15, 0.2) is 0 Å². The number of aryl methyl sites for hydroxylation is 2. The molecule has 0 bridgehead atoms. The summed E-state index contributed by atoms with van der Waals surface area (Å²) in [5.41, 5.74) is 12.2. The number of hydrogen-bond donors (Lipinski definition) is 3. The number of carbonyl (C=O) groups is 4. The van der Waals surface area contributed by atoms with Gasteiger partial charge in [0, 0.05) is 18.8 Å². The maximum Gasteiger partial charge on any atom is 0.408 e. The molecule has 0 aromatic heterocycles. The van der Waals surface area contributed by atoms with Crippen LogP contribution in [0.1, 0.15) is 73.9 Å². The minimum Gasteiger partial charge on any atom is -0.497 e. The standard InChI is InChI=1S/C33H31NO5.C24H31NO5/c1-3-22-19-24(38-2)16-17-25(22)23-14-12-21(13-15-23)18-31(32(35)36)34-33(37)39-20-30-28-10-6-4-8-26(28)27-9-5-7-11-29(27)30;1-7-17-15-19(28-5)12-13-20(17)18-10-8-16(9-11-18)14-21(22(26)29-6)25-23(27)30-24(2,3)4/h4-17,19,30-31H,3,18,20H2,1-2H3,(H,34,37)(H,35,36);8-13,15,21H,7,14H2,1-6H3,(H,25,27)/t31-;21-/m10/s1. The largest absolute Gasteiger partial charge is 0.497 e. The van der Waals surface area contributed by atoms with Crippen LogP contribution in [0.2, 0.25) is 0 Å². The first-order chi connectivity index (χ1) is 33.1. The molecular formula is C57H62N2O10. The lowest BCUT2D eigenvalue weighted by molar-refractivity contribution is -0.143. The number of carbonyl (C=O) groups excluding carboxylic acids is 3. The highest BCUT2D eigenvalue weighted by Crippen LogP contribution is 2.44. The minimum atomic E-state index is -1.11. The molecule has 360 valence electrons. The number of rotatable bonds is 16. The number of carboxylic acid groups (broad SMARTS) is 1. The molecule has 2 amide bonds. The minimum absolute atomic E-state index is 0.0926. The van der Waals surface area contributed by atoms with E-state index in [0.29, 0.717) is 6.42 Å². The van der Waals surface area contributed by atoms with Gasteiger partial charge in [-0.25, -0.2) is 19.2 Å². The molecule has 0 spiro atoms. The van der Waals surface area contributed by atoms with E-state index in [2.05, 4.69) is 36.6 Å². The molecule has 7 rings (SSSR count). The Hall–Kier alpha value is -7.60. The van der Waals surface area contributed by atoms with E-state index >= 15 is 0 Å². The van der Waals surface area contributed by atoms with Crippen LogP contribution in [0.5, 0.6) is 11.5 Å². The maximum atomic E-state index is 12.7. The summed E-state index contributed by atoms with van der Waals surface area (Å²) in [6.45, 7) is 9.63. The molecule has 0 heterocycles. The molecule has 6 aromatic rings. The van der Waals surface area contributed by atoms with Crippen molar-refractivity contribution in [3.05, 3.63) is 167 Å². The van der Waals surface area contributed by atoms with Gasteiger partial charge in [0.05, 0.1) is 21.3 Å². The summed E-state index contributed by atoms with van der Waals surface area (Å²) in [5, 5.41) is 14.9. The second-order valence-electron chi connectivity index (χ2n) is 17.6. The molecule has 1 aliphatic carbocycles. The molecule has 0 saturated carbocycles. The zero-order valence-electron chi connectivity index (χ0n) is 40.6. The third-order valence-corrected chi connectivity index (χ3v) is 11.9. The zero-order valence-corrected chi connectivity index (χ0v) is 40.6. The summed E-state index contributed by atoms with van der Waals surface area (Å²) >= 11 is 0. The van der Waals surface area contributed by atoms with E-state index in [0.717, 1.165) is 80.0 Å². The van der Waals surface area contributed by atoms with Crippen LogP contribution >= 0.6 is 0 Å². The van der Waals surface area contributed by atoms with Gasteiger partial charge in [-0.05, 0) is 125 Å². The number of methoxy groups -OCH3 is 3. The molecule has 2 atom stereocenters. The summed E-state index contributed by atoms with van der Waals surface area (Å²) in [4.78, 5) is 48.9. The van der Waals surface area contributed by atoms with E-state index in [1.807, 2.05) is 121 Å². The van der Waals surface area contributed by atoms with E-state index in [1.54, 1.807) is 35.0 Å². The number of carboxylic acids is 1. The quantitative estimate of drug-likeness (QED) is 0.0630. The van der Waals surface area contributed by atoms with Crippen molar-refractivity contribution in [2.24, 2.45) is 0 Å². The highest BCUT2D eigenvalue weighted by molar-refractivity contribution is 5.83. The van der Waals surface area contributed by atoms with Gasteiger partial charge in [0.1, 0.15) is 35.8 Å². The average Bonchev–Trinajstić information content (AvgIpc) is 3.68. The Bertz CT molecular complexity index is 2680. The lowest BCUT2D eigenvalue weighted by atomic mass is 9.96. The smallest absolute Gasteiger partial charge is 0.408 e. The average molecular weight is 935 g/mol. The lowest BCUT2D eigenvalue weighted by Crippen LogP contribution is -2.45. The topological polar surface area (TPSA) is 159 Å². The number of esters is 1. The Labute approximate surface area is 404 Å². The van der Waals surface area contributed by atoms with Gasteiger partial charge in [-0.3, -0.25) is 0 Å². The molecule has 0 saturated heterocycles. The van der Waals surface area contributed by atoms with Crippen LogP contribution in [0.15, 0.2) is 133 Å². The number of hydrogen-bond acceptors (Lipinski definition) is 9. The van der Waals surface area contributed by atoms with Crippen LogP contribution in [0.25, 0.3) is 33.4 Å². The lowest BCUT2D eigenvalue weighted by Gasteiger charge is -2.22. The third kappa shape index (κ3) is 13.3. The SMILES string of the molecule is CCc1cc(OC)ccc1-c1ccc(C[C@@H](NC(=O)OCC2c3ccccc3-c3ccccc32)C(=O)O)cc1.CCc1cc(OC)ccc1-c1ccc(C[C@H](NC(=O)OC(C)(C)C)C(=O)OC)cc1. The predicted octanol–water partition coefficient (Wildman–Crippen LogP) is 11.0. The van der Waals surface area contributed by atoms with Crippen molar-refractivity contribution in [2.45, 2.75) is 83.9 Å². The fraction of sp³-hybridized carbons (Fsp3) is 0.298. The summed E-state index contributed by atoms with van der Waals surface area (Å²) < 4.78 is 26.3. The first-order valence-electron chi connectivity index (χ1n) is 23.1. The molecule has 0 radical (unpaired) electrons. The van der Waals surface area contributed by atoms with E-state index in [9.17, 15) is 24.3 Å². The number of alkyl carbamates (subject to hydrolysis) is 2. The predicted molar refractivity (Wildman–Crippen MR) is 268 cm³/mol. The summed E-state index contributed by atoms with van der Waals surface area (Å²) in [6.07, 6.45) is 0.795. The monoisotopic (exact) mass is 934 g/mol. The highest BCUT2D eigenvalue weighted by Gasteiger charge is 2.30. The van der Waals surface area contributed by atoms with Gasteiger partial charge in [0.2, 0.25) is 0 Å². The Kier molecular flexibility index (Phi) is 17.2. The second-order valence-corrected chi connectivity index (χ2v) is 17.6. The van der Waals surface area contributed by atoms with Gasteiger partial charge in [-0.2, -0.15) is 0 Å². The van der Waals surface area contributed by atoms with Gasteiger partial charge in [0.25, 0.3) is 0 Å². The van der Waals surface area contributed by atoms with Crippen molar-refractivity contribution in [1.82, 2.24) is 10.6 Å². The molecule has 0 unspecified atom stereocenters. The number of nitrogens with one attached hydrogen (secondary N) is 2. The normalized spacial score (nSPS) is 12.5. The van der Waals surface area contributed by atoms with Crippen molar-refractivity contribution in [2.75, 3.05) is 27.9 Å². The summed E-state index contributed by atoms with van der Waals surface area (Å²) in [6, 6.07) is 41.9. The van der Waals surface area contributed by atoms with E-state index < -0.39 is 41.8 Å². The van der Waals surface area contributed by atoms with Crippen LogP contribution < -0.4 is 20.1 Å². The fourth-order valence-corrected chi connectivity index (χ4v) is 8.42. The molecule has 6 aromatic carbocycles.